The van der Waals surface area contributed by atoms with Crippen molar-refractivity contribution in [3.63, 3.8) is 0 Å². The third kappa shape index (κ3) is 4.65. The Morgan fingerprint density at radius 1 is 0.408 bits per heavy atom. The van der Waals surface area contributed by atoms with Gasteiger partial charge in [-0.15, -0.1) is 0 Å². The van der Waals surface area contributed by atoms with Gasteiger partial charge < -0.3 is 4.42 Å². The summed E-state index contributed by atoms with van der Waals surface area (Å²) in [5.41, 5.74) is 3.23. The number of nitrogens with zero attached hydrogens (tertiary/aromatic N) is 3. The summed E-state index contributed by atoms with van der Waals surface area (Å²) in [4.78, 5) is 14.5. The first-order valence-electron chi connectivity index (χ1n) is 19.4. The average Bonchev–Trinajstić information content (AvgIpc) is 3.64. The van der Waals surface area contributed by atoms with Crippen LogP contribution in [0.15, 0.2) is 168 Å². The van der Waals surface area contributed by atoms with Gasteiger partial charge in [0, 0.05) is 27.5 Å². The molecule has 0 aliphatic carbocycles. The van der Waals surface area contributed by atoms with Crippen molar-refractivity contribution in [2.45, 2.75) is 0 Å². The van der Waals surface area contributed by atoms with Crippen molar-refractivity contribution >= 4 is 54.3 Å². The van der Waals surface area contributed by atoms with E-state index in [-0.39, 0.29) is 45.4 Å². The Labute approximate surface area is 291 Å². The Morgan fingerprint density at radius 2 is 1.02 bits per heavy atom. The van der Waals surface area contributed by atoms with Gasteiger partial charge in [-0.2, -0.15) is 0 Å². The van der Waals surface area contributed by atoms with E-state index in [0.29, 0.717) is 22.8 Å². The Balaban J connectivity index is 1.16. The maximum Gasteiger partial charge on any atom is 0.164 e. The Kier molecular flexibility index (Phi) is 4.76. The molecule has 0 unspecified atom stereocenters. The monoisotopic (exact) mass is 632 g/mol. The van der Waals surface area contributed by atoms with Crippen LogP contribution >= 0.6 is 0 Å². The first-order chi connectivity index (χ1) is 27.2. The quantitative estimate of drug-likeness (QED) is 0.181. The summed E-state index contributed by atoms with van der Waals surface area (Å²) in [5.74, 6) is 0.602. The van der Waals surface area contributed by atoms with Gasteiger partial charge in [-0.05, 0) is 73.7 Å². The second kappa shape index (κ2) is 11.0. The topological polar surface area (TPSA) is 51.8 Å². The molecule has 0 saturated carbocycles. The van der Waals surface area contributed by atoms with E-state index in [9.17, 15) is 0 Å². The molecule has 0 aliphatic heterocycles. The van der Waals surface area contributed by atoms with Crippen molar-refractivity contribution in [3.8, 4) is 45.3 Å². The Hall–Kier alpha value is -6.65. The first kappa shape index (κ1) is 21.3. The lowest BCUT2D eigenvalue weighted by molar-refractivity contribution is 0.669. The Morgan fingerprint density at radius 3 is 1.88 bits per heavy atom. The van der Waals surface area contributed by atoms with Crippen molar-refractivity contribution in [2.75, 3.05) is 0 Å². The molecule has 4 heteroatoms. The highest BCUT2D eigenvalue weighted by Gasteiger charge is 2.18. The minimum Gasteiger partial charge on any atom is -0.456 e. The second-order valence-corrected chi connectivity index (χ2v) is 11.9. The fraction of sp³-hybridized carbons (Fsp3) is 0. The smallest absolute Gasteiger partial charge is 0.164 e. The molecule has 228 valence electrons. The van der Waals surface area contributed by atoms with Gasteiger partial charge in [0.1, 0.15) is 11.2 Å². The number of furan rings is 1. The van der Waals surface area contributed by atoms with Crippen LogP contribution in [0.25, 0.3) is 99.5 Å². The number of fused-ring (bicyclic) bond motifs is 7. The zero-order valence-electron chi connectivity index (χ0n) is 32.8. The fourth-order valence-corrected chi connectivity index (χ4v) is 6.61. The predicted molar refractivity (Wildman–Crippen MR) is 201 cm³/mol. The zero-order chi connectivity index (χ0) is 38.4. The highest BCUT2D eigenvalue weighted by atomic mass is 16.3. The third-order valence-corrected chi connectivity index (χ3v) is 9.02. The number of aromatic nitrogens is 3. The number of hydrogen-bond donors (Lipinski definition) is 0. The van der Waals surface area contributed by atoms with E-state index >= 15 is 0 Å². The van der Waals surface area contributed by atoms with E-state index in [0.717, 1.165) is 21.9 Å². The second-order valence-electron chi connectivity index (χ2n) is 11.9. The summed E-state index contributed by atoms with van der Waals surface area (Å²) < 4.78 is 66.2. The van der Waals surface area contributed by atoms with Crippen LogP contribution < -0.4 is 0 Å². The van der Waals surface area contributed by atoms with E-state index in [1.165, 1.54) is 21.5 Å². The van der Waals surface area contributed by atoms with Crippen LogP contribution in [0.3, 0.4) is 0 Å². The lowest BCUT2D eigenvalue weighted by Gasteiger charge is -2.11. The first-order valence-corrected chi connectivity index (χ1v) is 15.9. The molecule has 0 N–H and O–H groups in total. The van der Waals surface area contributed by atoms with Gasteiger partial charge in [0.15, 0.2) is 17.5 Å². The average molecular weight is 633 g/mol. The van der Waals surface area contributed by atoms with Crippen LogP contribution in [-0.2, 0) is 0 Å². The molecular formula is C45H27N3O. The van der Waals surface area contributed by atoms with Gasteiger partial charge in [0.2, 0.25) is 0 Å². The van der Waals surface area contributed by atoms with E-state index in [4.69, 9.17) is 29.0 Å². The molecule has 8 aromatic carbocycles. The standard InChI is InChI=1S/C45H27N3O/c1-2-10-30(11-3-1)43-46-44(48-45(47-43)38-14-8-16-41-42(38)37-13-6-7-15-40(37)49-41)35-24-23-31-25-32(21-22-33(31)26-35)34-20-19-29-18-17-28-9-4-5-12-36(28)39(29)27-34/h1-27H/i6D,7D,8D,13D,14D,15D,16D. The molecule has 0 atom stereocenters. The maximum atomic E-state index is 9.08. The molecule has 2 heterocycles. The molecule has 4 nitrogen and oxygen atoms in total. The molecule has 10 rings (SSSR count). The summed E-state index contributed by atoms with van der Waals surface area (Å²) in [5, 5.41) is 6.82. The van der Waals surface area contributed by atoms with E-state index in [2.05, 4.69) is 72.8 Å². The van der Waals surface area contributed by atoms with Crippen molar-refractivity contribution < 1.29 is 14.0 Å². The van der Waals surface area contributed by atoms with Gasteiger partial charge in [-0.1, -0.05) is 133 Å². The van der Waals surface area contributed by atoms with Crippen molar-refractivity contribution in [1.82, 2.24) is 15.0 Å². The summed E-state index contributed by atoms with van der Waals surface area (Å²) in [6.45, 7) is 0. The molecule has 0 spiro atoms. The summed E-state index contributed by atoms with van der Waals surface area (Å²) in [6.07, 6.45) is 0. The highest BCUT2D eigenvalue weighted by molar-refractivity contribution is 6.12. The molecule has 0 saturated heterocycles. The van der Waals surface area contributed by atoms with Gasteiger partial charge in [-0.25, -0.2) is 15.0 Å². The van der Waals surface area contributed by atoms with Crippen molar-refractivity contribution in [1.29, 1.82) is 0 Å². The van der Waals surface area contributed by atoms with Crippen LogP contribution in [0.4, 0.5) is 0 Å². The number of benzene rings is 8. The minimum atomic E-state index is -0.491. The summed E-state index contributed by atoms with van der Waals surface area (Å²) >= 11 is 0. The molecule has 10 aromatic rings. The summed E-state index contributed by atoms with van der Waals surface area (Å²) in [7, 11) is 0. The molecule has 0 aliphatic rings. The molecule has 0 amide bonds. The normalized spacial score (nSPS) is 13.7. The van der Waals surface area contributed by atoms with E-state index in [1.807, 2.05) is 48.5 Å². The van der Waals surface area contributed by atoms with Crippen LogP contribution in [-0.4, -0.2) is 15.0 Å². The van der Waals surface area contributed by atoms with E-state index in [1.54, 1.807) is 0 Å². The molecule has 2 aromatic heterocycles. The lowest BCUT2D eigenvalue weighted by Crippen LogP contribution is -2.00. The lowest BCUT2D eigenvalue weighted by atomic mass is 9.95. The number of rotatable bonds is 4. The minimum absolute atomic E-state index is 0.00624. The van der Waals surface area contributed by atoms with Crippen LogP contribution in [0, 0.1) is 0 Å². The van der Waals surface area contributed by atoms with Gasteiger partial charge in [-0.3, -0.25) is 0 Å². The maximum absolute atomic E-state index is 9.08. The largest absolute Gasteiger partial charge is 0.456 e. The predicted octanol–water partition coefficient (Wildman–Crippen LogP) is 11.9. The van der Waals surface area contributed by atoms with Gasteiger partial charge in [0.05, 0.1) is 9.60 Å². The van der Waals surface area contributed by atoms with Gasteiger partial charge in [0.25, 0.3) is 0 Å². The zero-order valence-corrected chi connectivity index (χ0v) is 25.8. The number of hydrogen-bond acceptors (Lipinski definition) is 4. The molecule has 0 bridgehead atoms. The highest BCUT2D eigenvalue weighted by Crippen LogP contribution is 2.37. The number of para-hydroxylation sites is 1. The van der Waals surface area contributed by atoms with Crippen LogP contribution in [0.2, 0.25) is 0 Å². The van der Waals surface area contributed by atoms with E-state index < -0.39 is 30.2 Å². The fourth-order valence-electron chi connectivity index (χ4n) is 6.61. The molecule has 0 fully saturated rings. The Bertz CT molecular complexity index is 3290. The molecule has 0 radical (unpaired) electrons. The van der Waals surface area contributed by atoms with Crippen molar-refractivity contribution in [2.24, 2.45) is 0 Å². The molecular weight excluding hydrogens is 599 g/mol. The SMILES string of the molecule is [2H]c1c([2H])c([2H])c2c(oc3c([2H])c([2H])c([2H])c(-c4nc(-c5ccccc5)nc(-c5ccc6cc(-c7ccc8ccc9ccccc9c8c7)ccc6c5)n4)c32)c1[2H]. The summed E-state index contributed by atoms with van der Waals surface area (Å²) in [6, 6.07) is 37.8. The van der Waals surface area contributed by atoms with Crippen LogP contribution in [0.5, 0.6) is 0 Å². The third-order valence-electron chi connectivity index (χ3n) is 9.02. The van der Waals surface area contributed by atoms with Crippen LogP contribution in [0.1, 0.15) is 9.60 Å². The van der Waals surface area contributed by atoms with Gasteiger partial charge >= 0.3 is 0 Å². The molecule has 49 heavy (non-hydrogen) atoms. The van der Waals surface area contributed by atoms with Crippen molar-refractivity contribution in [3.05, 3.63) is 164 Å².